The fraction of sp³-hybridized carbons (Fsp3) is 0.360. The molecular formula is C25H25F4N7O2. The van der Waals surface area contributed by atoms with Gasteiger partial charge < -0.3 is 26.4 Å². The van der Waals surface area contributed by atoms with E-state index >= 15 is 0 Å². The number of rotatable bonds is 8. The van der Waals surface area contributed by atoms with Gasteiger partial charge in [-0.25, -0.2) is 14.4 Å². The Morgan fingerprint density at radius 3 is 2.66 bits per heavy atom. The number of carbonyl (C=O) groups is 1. The van der Waals surface area contributed by atoms with Crippen molar-refractivity contribution < 1.29 is 27.5 Å². The minimum absolute atomic E-state index is 0.0732. The lowest BCUT2D eigenvalue weighted by Crippen LogP contribution is -2.34. The summed E-state index contributed by atoms with van der Waals surface area (Å²) >= 11 is 0. The molecule has 0 spiro atoms. The lowest BCUT2D eigenvalue weighted by Gasteiger charge is -2.18. The third-order valence-corrected chi connectivity index (χ3v) is 6.58. The number of amides is 1. The van der Waals surface area contributed by atoms with Gasteiger partial charge in [0.25, 0.3) is 5.91 Å². The van der Waals surface area contributed by atoms with E-state index in [0.29, 0.717) is 18.5 Å². The third kappa shape index (κ3) is 5.68. The van der Waals surface area contributed by atoms with E-state index < -0.39 is 29.9 Å². The molecule has 0 unspecified atom stereocenters. The normalized spacial score (nSPS) is 15.9. The van der Waals surface area contributed by atoms with Crippen molar-refractivity contribution in [1.82, 2.24) is 25.6 Å². The molecule has 200 valence electrons. The molecule has 0 saturated heterocycles. The standard InChI is InChI=1S/C25H25F4N7O2/c26-18-3-4-19(34-20(18)24(13-37)6-7-24)35-21-17(22(38)32-12-25(27,28)29)11-31-23(36-21)33-16-2-1-15-10-30-8-5-14(15)9-16/h1-4,9,11,30,37H,5-8,10,12-13H2,(H,32,38)(H2,31,33,34,35,36). The largest absolute Gasteiger partial charge is 0.405 e. The molecular weight excluding hydrogens is 506 g/mol. The average molecular weight is 532 g/mol. The van der Waals surface area contributed by atoms with Crippen LogP contribution >= 0.6 is 0 Å². The van der Waals surface area contributed by atoms with Crippen LogP contribution in [0.1, 0.15) is 40.0 Å². The van der Waals surface area contributed by atoms with E-state index in [1.54, 1.807) is 0 Å². The molecule has 1 aliphatic carbocycles. The van der Waals surface area contributed by atoms with Gasteiger partial charge >= 0.3 is 6.18 Å². The summed E-state index contributed by atoms with van der Waals surface area (Å²) in [6.07, 6.45) is -1.51. The van der Waals surface area contributed by atoms with E-state index in [4.69, 9.17) is 0 Å². The second kappa shape index (κ2) is 10.1. The first-order chi connectivity index (χ1) is 18.2. The molecule has 2 aliphatic rings. The van der Waals surface area contributed by atoms with Gasteiger partial charge in [-0.15, -0.1) is 0 Å². The predicted molar refractivity (Wildman–Crippen MR) is 131 cm³/mol. The Hall–Kier alpha value is -3.84. The van der Waals surface area contributed by atoms with E-state index in [-0.39, 0.29) is 35.4 Å². The maximum atomic E-state index is 14.5. The molecule has 1 aromatic carbocycles. The Morgan fingerprint density at radius 2 is 1.92 bits per heavy atom. The number of aromatic nitrogens is 3. The van der Waals surface area contributed by atoms with Gasteiger partial charge in [-0.2, -0.15) is 18.2 Å². The van der Waals surface area contributed by atoms with Crippen molar-refractivity contribution in [2.75, 3.05) is 30.3 Å². The minimum Gasteiger partial charge on any atom is -0.395 e. The van der Waals surface area contributed by atoms with Crippen LogP contribution in [0.25, 0.3) is 0 Å². The molecule has 38 heavy (non-hydrogen) atoms. The molecule has 1 fully saturated rings. The van der Waals surface area contributed by atoms with Crippen molar-refractivity contribution in [1.29, 1.82) is 0 Å². The summed E-state index contributed by atoms with van der Waals surface area (Å²) in [4.78, 5) is 25.3. The van der Waals surface area contributed by atoms with E-state index in [0.717, 1.165) is 31.3 Å². The van der Waals surface area contributed by atoms with E-state index in [2.05, 4.69) is 30.9 Å². The van der Waals surface area contributed by atoms with Gasteiger partial charge in [0.1, 0.15) is 29.6 Å². The molecule has 1 amide bonds. The van der Waals surface area contributed by atoms with E-state index in [1.807, 2.05) is 23.5 Å². The summed E-state index contributed by atoms with van der Waals surface area (Å²) < 4.78 is 52.6. The SMILES string of the molecule is O=C(NCC(F)(F)F)c1cnc(Nc2ccc3c(c2)CCNC3)nc1Nc1ccc(F)c(C2(CO)CC2)n1. The van der Waals surface area contributed by atoms with E-state index in [9.17, 15) is 27.5 Å². The Kier molecular flexibility index (Phi) is 6.88. The molecule has 5 N–H and O–H groups in total. The highest BCUT2D eigenvalue weighted by Crippen LogP contribution is 2.48. The van der Waals surface area contributed by atoms with Gasteiger partial charge in [-0.05, 0) is 61.2 Å². The van der Waals surface area contributed by atoms with Crippen LogP contribution in [0.15, 0.2) is 36.5 Å². The molecule has 2 aromatic heterocycles. The predicted octanol–water partition coefficient (Wildman–Crippen LogP) is 3.46. The summed E-state index contributed by atoms with van der Waals surface area (Å²) in [7, 11) is 0. The number of carbonyl (C=O) groups excluding carboxylic acids is 1. The monoisotopic (exact) mass is 531 g/mol. The van der Waals surface area contributed by atoms with Gasteiger partial charge in [0.15, 0.2) is 0 Å². The van der Waals surface area contributed by atoms with Crippen LogP contribution in [0, 0.1) is 5.82 Å². The molecule has 0 radical (unpaired) electrons. The summed E-state index contributed by atoms with van der Waals surface area (Å²) in [5, 5.41) is 20.7. The lowest BCUT2D eigenvalue weighted by atomic mass is 10.0. The maximum Gasteiger partial charge on any atom is 0.405 e. The minimum atomic E-state index is -4.61. The first-order valence-electron chi connectivity index (χ1n) is 12.0. The second-order valence-electron chi connectivity index (χ2n) is 9.38. The molecule has 13 heteroatoms. The van der Waals surface area contributed by atoms with Gasteiger partial charge in [0.2, 0.25) is 5.95 Å². The first kappa shape index (κ1) is 25.8. The number of benzene rings is 1. The van der Waals surface area contributed by atoms with Gasteiger partial charge in [-0.1, -0.05) is 6.07 Å². The highest BCUT2D eigenvalue weighted by molar-refractivity contribution is 5.99. The zero-order chi connectivity index (χ0) is 26.9. The number of nitrogens with zero attached hydrogens (tertiary/aromatic N) is 3. The number of pyridine rings is 1. The summed E-state index contributed by atoms with van der Waals surface area (Å²) in [6, 6.07) is 8.28. The molecule has 3 heterocycles. The van der Waals surface area contributed by atoms with Crippen LogP contribution in [0.2, 0.25) is 0 Å². The fourth-order valence-corrected chi connectivity index (χ4v) is 4.29. The number of aliphatic hydroxyl groups is 1. The summed E-state index contributed by atoms with van der Waals surface area (Å²) in [5.74, 6) is -1.56. The zero-order valence-corrected chi connectivity index (χ0v) is 20.1. The number of anilines is 4. The second-order valence-corrected chi connectivity index (χ2v) is 9.38. The van der Waals surface area contributed by atoms with Crippen LogP contribution < -0.4 is 21.3 Å². The maximum absolute atomic E-state index is 14.5. The van der Waals surface area contributed by atoms with Crippen molar-refractivity contribution in [3.05, 3.63) is 64.7 Å². The van der Waals surface area contributed by atoms with Crippen LogP contribution in [-0.4, -0.2) is 51.8 Å². The van der Waals surface area contributed by atoms with Crippen LogP contribution in [0.3, 0.4) is 0 Å². The van der Waals surface area contributed by atoms with Crippen molar-refractivity contribution >= 4 is 29.2 Å². The van der Waals surface area contributed by atoms with Gasteiger partial charge in [-0.3, -0.25) is 4.79 Å². The fourth-order valence-electron chi connectivity index (χ4n) is 4.29. The Labute approximate surface area is 215 Å². The van der Waals surface area contributed by atoms with Crippen LogP contribution in [0.5, 0.6) is 0 Å². The Balaban J connectivity index is 1.45. The van der Waals surface area contributed by atoms with Crippen molar-refractivity contribution in [3.63, 3.8) is 0 Å². The topological polar surface area (TPSA) is 124 Å². The highest BCUT2D eigenvalue weighted by atomic mass is 19.4. The Morgan fingerprint density at radius 1 is 1.11 bits per heavy atom. The number of fused-ring (bicyclic) bond motifs is 1. The van der Waals surface area contributed by atoms with E-state index in [1.165, 1.54) is 17.7 Å². The number of hydrogen-bond acceptors (Lipinski definition) is 8. The molecule has 3 aromatic rings. The Bertz CT molecular complexity index is 1360. The quantitative estimate of drug-likeness (QED) is 0.280. The first-order valence-corrected chi connectivity index (χ1v) is 12.0. The molecule has 0 bridgehead atoms. The van der Waals surface area contributed by atoms with Crippen LogP contribution in [-0.2, 0) is 18.4 Å². The number of alkyl halides is 3. The number of hydrogen-bond donors (Lipinski definition) is 5. The molecule has 1 aliphatic heterocycles. The molecule has 5 rings (SSSR count). The molecule has 9 nitrogen and oxygen atoms in total. The average Bonchev–Trinajstić information content (AvgIpc) is 3.69. The smallest absolute Gasteiger partial charge is 0.395 e. The van der Waals surface area contributed by atoms with Crippen LogP contribution in [0.4, 0.5) is 40.8 Å². The number of nitrogens with one attached hydrogen (secondary N) is 4. The zero-order valence-electron chi connectivity index (χ0n) is 20.1. The van der Waals surface area contributed by atoms with Gasteiger partial charge in [0, 0.05) is 23.8 Å². The number of aliphatic hydroxyl groups excluding tert-OH is 1. The molecule has 0 atom stereocenters. The van der Waals surface area contributed by atoms with Crippen molar-refractivity contribution in [2.45, 2.75) is 37.4 Å². The lowest BCUT2D eigenvalue weighted by molar-refractivity contribution is -0.123. The molecule has 1 saturated carbocycles. The van der Waals surface area contributed by atoms with Gasteiger partial charge in [0.05, 0.1) is 12.3 Å². The summed E-state index contributed by atoms with van der Waals surface area (Å²) in [6.45, 7) is -0.184. The van der Waals surface area contributed by atoms with Crippen molar-refractivity contribution in [3.8, 4) is 0 Å². The van der Waals surface area contributed by atoms with Crippen molar-refractivity contribution in [2.24, 2.45) is 0 Å². The number of halogens is 4. The highest BCUT2D eigenvalue weighted by Gasteiger charge is 2.47. The third-order valence-electron chi connectivity index (χ3n) is 6.58. The summed E-state index contributed by atoms with van der Waals surface area (Å²) in [5.41, 5.74) is 2.09.